The van der Waals surface area contributed by atoms with Crippen LogP contribution in [0.15, 0.2) is 54.5 Å². The van der Waals surface area contributed by atoms with E-state index in [1.54, 1.807) is 23.4 Å². The van der Waals surface area contributed by atoms with E-state index in [0.29, 0.717) is 30.5 Å². The molecule has 2 rings (SSSR count). The molecule has 0 unspecified atom stereocenters. The van der Waals surface area contributed by atoms with Crippen molar-refractivity contribution in [1.29, 1.82) is 0 Å². The first-order valence-electron chi connectivity index (χ1n) is 8.06. The van der Waals surface area contributed by atoms with Gasteiger partial charge in [0.2, 0.25) is 5.91 Å². The monoisotopic (exact) mass is 357 g/mol. The first kappa shape index (κ1) is 18.9. The van der Waals surface area contributed by atoms with Gasteiger partial charge in [-0.3, -0.25) is 14.3 Å². The highest BCUT2D eigenvalue weighted by atomic mass is 32.2. The van der Waals surface area contributed by atoms with Crippen LogP contribution < -0.4 is 0 Å². The minimum atomic E-state index is 0.0640. The van der Waals surface area contributed by atoms with E-state index in [1.807, 2.05) is 30.5 Å². The summed E-state index contributed by atoms with van der Waals surface area (Å²) >= 11 is 1.39. The minimum Gasteiger partial charge on any atom is -0.338 e. The molecule has 0 aliphatic carbocycles. The fourth-order valence-electron chi connectivity index (χ4n) is 2.32. The van der Waals surface area contributed by atoms with Crippen molar-refractivity contribution in [2.75, 3.05) is 18.8 Å². The highest BCUT2D eigenvalue weighted by Crippen LogP contribution is 2.24. The molecule has 0 spiro atoms. The van der Waals surface area contributed by atoms with Gasteiger partial charge in [-0.25, -0.2) is 0 Å². The average Bonchev–Trinajstić information content (AvgIpc) is 3.01. The highest BCUT2D eigenvalue weighted by molar-refractivity contribution is 7.99. The Morgan fingerprint density at radius 1 is 1.36 bits per heavy atom. The molecule has 132 valence electrons. The van der Waals surface area contributed by atoms with E-state index in [-0.39, 0.29) is 5.91 Å². The van der Waals surface area contributed by atoms with Crippen LogP contribution in [0.3, 0.4) is 0 Å². The fourth-order valence-corrected chi connectivity index (χ4v) is 3.17. The van der Waals surface area contributed by atoms with Crippen LogP contribution in [0.25, 0.3) is 11.4 Å². The molecule has 0 aliphatic rings. The number of hydrogen-bond donors (Lipinski definition) is 0. The number of aromatic nitrogens is 4. The topological polar surface area (TPSA) is 63.9 Å². The van der Waals surface area contributed by atoms with Gasteiger partial charge >= 0.3 is 0 Å². The van der Waals surface area contributed by atoms with Crippen molar-refractivity contribution < 1.29 is 4.79 Å². The summed E-state index contributed by atoms with van der Waals surface area (Å²) in [6.45, 7) is 13.4. The molecule has 0 aliphatic heterocycles. The van der Waals surface area contributed by atoms with Crippen LogP contribution in [0, 0.1) is 0 Å². The Morgan fingerprint density at radius 2 is 2.08 bits per heavy atom. The Hall–Kier alpha value is -2.41. The van der Waals surface area contributed by atoms with Crippen LogP contribution in [0.4, 0.5) is 0 Å². The summed E-state index contributed by atoms with van der Waals surface area (Å²) in [5.74, 6) is 1.12. The van der Waals surface area contributed by atoms with Crippen molar-refractivity contribution >= 4 is 17.7 Å². The summed E-state index contributed by atoms with van der Waals surface area (Å²) in [4.78, 5) is 18.2. The normalized spacial score (nSPS) is 10.5. The molecule has 0 N–H and O–H groups in total. The Morgan fingerprint density at radius 3 is 2.68 bits per heavy atom. The number of hydrogen-bond acceptors (Lipinski definition) is 5. The highest BCUT2D eigenvalue weighted by Gasteiger charge is 2.17. The van der Waals surface area contributed by atoms with E-state index in [4.69, 9.17) is 0 Å². The van der Waals surface area contributed by atoms with Crippen molar-refractivity contribution in [3.05, 3.63) is 49.3 Å². The number of nitrogens with zero attached hydrogens (tertiary/aromatic N) is 5. The van der Waals surface area contributed by atoms with Crippen LogP contribution >= 0.6 is 11.8 Å². The van der Waals surface area contributed by atoms with Gasteiger partial charge in [-0.2, -0.15) is 0 Å². The van der Waals surface area contributed by atoms with Crippen LogP contribution in [0.2, 0.25) is 0 Å². The van der Waals surface area contributed by atoms with Crippen molar-refractivity contribution in [2.24, 2.45) is 0 Å². The van der Waals surface area contributed by atoms with Crippen molar-refractivity contribution in [1.82, 2.24) is 24.6 Å². The third kappa shape index (κ3) is 5.03. The molecule has 2 aromatic rings. The lowest BCUT2D eigenvalue weighted by atomic mass is 10.2. The van der Waals surface area contributed by atoms with Crippen LogP contribution in [-0.2, 0) is 11.3 Å². The number of likely N-dealkylation sites (N-methyl/N-ethyl adjacent to an activating group) is 1. The zero-order valence-electron chi connectivity index (χ0n) is 14.7. The van der Waals surface area contributed by atoms with Crippen molar-refractivity contribution in [3.63, 3.8) is 0 Å². The number of allylic oxidation sites excluding steroid dienone is 1. The molecule has 0 bridgehead atoms. The SMILES string of the molecule is C=CCn1c(SCC(=O)N(CC)CC(=C)C)nnc1-c1ccncc1. The average molecular weight is 357 g/mol. The van der Waals surface area contributed by atoms with Crippen LogP contribution in [0.1, 0.15) is 13.8 Å². The number of amides is 1. The zero-order valence-corrected chi connectivity index (χ0v) is 15.5. The fraction of sp³-hybridized carbons (Fsp3) is 0.333. The van der Waals surface area contributed by atoms with Crippen molar-refractivity contribution in [2.45, 2.75) is 25.5 Å². The lowest BCUT2D eigenvalue weighted by Gasteiger charge is -2.20. The smallest absolute Gasteiger partial charge is 0.233 e. The summed E-state index contributed by atoms with van der Waals surface area (Å²) in [7, 11) is 0. The zero-order chi connectivity index (χ0) is 18.2. The summed E-state index contributed by atoms with van der Waals surface area (Å²) in [6.07, 6.45) is 5.23. The predicted octanol–water partition coefficient (Wildman–Crippen LogP) is 3.04. The van der Waals surface area contributed by atoms with Gasteiger partial charge in [-0.15, -0.1) is 16.8 Å². The van der Waals surface area contributed by atoms with Gasteiger partial charge in [-0.05, 0) is 26.0 Å². The minimum absolute atomic E-state index is 0.0640. The van der Waals surface area contributed by atoms with Crippen LogP contribution in [0.5, 0.6) is 0 Å². The summed E-state index contributed by atoms with van der Waals surface area (Å²) in [5, 5.41) is 9.22. The molecular formula is C18H23N5OS. The first-order valence-corrected chi connectivity index (χ1v) is 9.04. The Balaban J connectivity index is 2.14. The van der Waals surface area contributed by atoms with E-state index in [1.165, 1.54) is 11.8 Å². The lowest BCUT2D eigenvalue weighted by molar-refractivity contribution is -0.127. The third-order valence-corrected chi connectivity index (χ3v) is 4.44. The molecule has 0 fully saturated rings. The van der Waals surface area contributed by atoms with E-state index in [9.17, 15) is 4.79 Å². The van der Waals surface area contributed by atoms with Gasteiger partial charge in [0, 0.05) is 37.6 Å². The van der Waals surface area contributed by atoms with Crippen LogP contribution in [-0.4, -0.2) is 49.4 Å². The Kier molecular flexibility index (Phi) is 6.94. The van der Waals surface area contributed by atoms with E-state index < -0.39 is 0 Å². The number of thioether (sulfide) groups is 1. The largest absolute Gasteiger partial charge is 0.338 e. The lowest BCUT2D eigenvalue weighted by Crippen LogP contribution is -2.33. The second kappa shape index (κ2) is 9.17. The van der Waals surface area contributed by atoms with Gasteiger partial charge in [0.15, 0.2) is 11.0 Å². The second-order valence-electron chi connectivity index (χ2n) is 5.60. The number of carbonyl (C=O) groups is 1. The molecule has 1 amide bonds. The number of carbonyl (C=O) groups excluding carboxylic acids is 1. The molecular weight excluding hydrogens is 334 g/mol. The number of pyridine rings is 1. The maximum Gasteiger partial charge on any atom is 0.233 e. The third-order valence-electron chi connectivity index (χ3n) is 3.49. The second-order valence-corrected chi connectivity index (χ2v) is 6.54. The molecule has 0 aromatic carbocycles. The summed E-state index contributed by atoms with van der Waals surface area (Å²) in [5.41, 5.74) is 1.90. The first-order chi connectivity index (χ1) is 12.1. The quantitative estimate of drug-likeness (QED) is 0.510. The van der Waals surface area contributed by atoms with E-state index in [2.05, 4.69) is 28.3 Å². The molecule has 0 saturated carbocycles. The van der Waals surface area contributed by atoms with Gasteiger partial charge in [-0.1, -0.05) is 30.0 Å². The van der Waals surface area contributed by atoms with Crippen molar-refractivity contribution in [3.8, 4) is 11.4 Å². The molecule has 7 heteroatoms. The van der Waals surface area contributed by atoms with Gasteiger partial charge in [0.05, 0.1) is 5.75 Å². The molecule has 0 radical (unpaired) electrons. The van der Waals surface area contributed by atoms with E-state index >= 15 is 0 Å². The molecule has 6 nitrogen and oxygen atoms in total. The standard InChI is InChI=1S/C18H23N5OS/c1-5-11-23-17(15-7-9-19-10-8-15)20-21-18(23)25-13-16(24)22(6-2)12-14(3)4/h5,7-10H,1,3,6,11-13H2,2,4H3. The maximum atomic E-state index is 12.4. The van der Waals surface area contributed by atoms with Gasteiger partial charge < -0.3 is 4.90 Å². The maximum absolute atomic E-state index is 12.4. The molecule has 0 atom stereocenters. The number of rotatable bonds is 9. The van der Waals surface area contributed by atoms with Gasteiger partial charge in [0.1, 0.15) is 0 Å². The molecule has 2 aromatic heterocycles. The Bertz CT molecular complexity index is 741. The summed E-state index contributed by atoms with van der Waals surface area (Å²) < 4.78 is 1.95. The molecule has 25 heavy (non-hydrogen) atoms. The predicted molar refractivity (Wildman–Crippen MR) is 101 cm³/mol. The Labute approximate surface area is 152 Å². The van der Waals surface area contributed by atoms with Gasteiger partial charge in [0.25, 0.3) is 0 Å². The summed E-state index contributed by atoms with van der Waals surface area (Å²) in [6, 6.07) is 3.77. The molecule has 0 saturated heterocycles. The molecule has 2 heterocycles. The van der Waals surface area contributed by atoms with E-state index in [0.717, 1.165) is 17.0 Å².